The summed E-state index contributed by atoms with van der Waals surface area (Å²) in [7, 11) is 0. The fraction of sp³-hybridized carbons (Fsp3) is 0.294. The van der Waals surface area contributed by atoms with Crippen LogP contribution >= 0.6 is 11.6 Å². The van der Waals surface area contributed by atoms with Crippen LogP contribution in [-0.4, -0.2) is 6.04 Å². The summed E-state index contributed by atoms with van der Waals surface area (Å²) in [4.78, 5) is 0. The van der Waals surface area contributed by atoms with Gasteiger partial charge in [0, 0.05) is 16.6 Å². The van der Waals surface area contributed by atoms with Crippen LogP contribution in [0.3, 0.4) is 0 Å². The molecule has 0 aliphatic heterocycles. The predicted octanol–water partition coefficient (Wildman–Crippen LogP) is 4.34. The van der Waals surface area contributed by atoms with Gasteiger partial charge >= 0.3 is 0 Å². The molecule has 2 rings (SSSR count). The van der Waals surface area contributed by atoms with Gasteiger partial charge in [-0.05, 0) is 42.7 Å². The summed E-state index contributed by atoms with van der Waals surface area (Å²) < 4.78 is 19.2. The monoisotopic (exact) mass is 307 g/mol. The van der Waals surface area contributed by atoms with Gasteiger partial charge in [0.2, 0.25) is 0 Å². The molecule has 0 saturated carbocycles. The van der Waals surface area contributed by atoms with Crippen LogP contribution in [-0.2, 0) is 13.0 Å². The third-order valence-corrected chi connectivity index (χ3v) is 3.59. The molecule has 4 heteroatoms. The highest BCUT2D eigenvalue weighted by Gasteiger charge is 2.05. The van der Waals surface area contributed by atoms with Crippen LogP contribution in [0.5, 0.6) is 5.75 Å². The van der Waals surface area contributed by atoms with E-state index in [9.17, 15) is 4.39 Å². The molecule has 0 aliphatic carbocycles. The van der Waals surface area contributed by atoms with E-state index >= 15 is 0 Å². The van der Waals surface area contributed by atoms with Gasteiger partial charge < -0.3 is 10.5 Å². The van der Waals surface area contributed by atoms with E-state index in [0.717, 1.165) is 12.8 Å². The summed E-state index contributed by atoms with van der Waals surface area (Å²) in [6.07, 6.45) is 1.80. The molecule has 0 aromatic heterocycles. The van der Waals surface area contributed by atoms with Gasteiger partial charge in [0.1, 0.15) is 18.2 Å². The van der Waals surface area contributed by atoms with Crippen molar-refractivity contribution in [2.75, 3.05) is 0 Å². The molecule has 0 bridgehead atoms. The SMILES string of the molecule is CCC(N)Cc1ccc(OCc2ccc(Cl)cc2F)cc1. The molecule has 1 unspecified atom stereocenters. The van der Waals surface area contributed by atoms with E-state index in [1.165, 1.54) is 11.6 Å². The van der Waals surface area contributed by atoms with Crippen molar-refractivity contribution in [3.63, 3.8) is 0 Å². The largest absolute Gasteiger partial charge is 0.489 e. The minimum absolute atomic E-state index is 0.177. The Morgan fingerprint density at radius 1 is 1.19 bits per heavy atom. The van der Waals surface area contributed by atoms with E-state index < -0.39 is 0 Å². The Balaban J connectivity index is 1.94. The smallest absolute Gasteiger partial charge is 0.131 e. The Bertz CT molecular complexity index is 586. The molecule has 2 nitrogen and oxygen atoms in total. The van der Waals surface area contributed by atoms with Gasteiger partial charge in [-0.2, -0.15) is 0 Å². The number of ether oxygens (including phenoxy) is 1. The zero-order valence-corrected chi connectivity index (χ0v) is 12.7. The van der Waals surface area contributed by atoms with Gasteiger partial charge in [0.05, 0.1) is 0 Å². The van der Waals surface area contributed by atoms with Crippen molar-refractivity contribution in [2.45, 2.75) is 32.4 Å². The predicted molar refractivity (Wildman–Crippen MR) is 84.2 cm³/mol. The molecule has 2 aromatic rings. The molecule has 0 aliphatic rings. The Morgan fingerprint density at radius 3 is 2.52 bits per heavy atom. The minimum atomic E-state index is -0.354. The lowest BCUT2D eigenvalue weighted by Gasteiger charge is -2.10. The Hall–Kier alpha value is -1.58. The Morgan fingerprint density at radius 2 is 1.90 bits per heavy atom. The molecule has 0 radical (unpaired) electrons. The van der Waals surface area contributed by atoms with Crippen molar-refractivity contribution < 1.29 is 9.13 Å². The molecule has 0 fully saturated rings. The van der Waals surface area contributed by atoms with E-state index in [1.54, 1.807) is 12.1 Å². The van der Waals surface area contributed by atoms with Crippen LogP contribution in [0.1, 0.15) is 24.5 Å². The van der Waals surface area contributed by atoms with Crippen LogP contribution in [0.15, 0.2) is 42.5 Å². The van der Waals surface area contributed by atoms with Crippen molar-refractivity contribution in [3.05, 3.63) is 64.4 Å². The first-order valence-electron chi connectivity index (χ1n) is 6.99. The minimum Gasteiger partial charge on any atom is -0.489 e. The number of halogens is 2. The molecular weight excluding hydrogens is 289 g/mol. The van der Waals surface area contributed by atoms with E-state index in [-0.39, 0.29) is 18.5 Å². The fourth-order valence-corrected chi connectivity index (χ4v) is 2.13. The summed E-state index contributed by atoms with van der Waals surface area (Å²) >= 11 is 5.71. The molecule has 0 spiro atoms. The van der Waals surface area contributed by atoms with Gasteiger partial charge in [-0.3, -0.25) is 0 Å². The van der Waals surface area contributed by atoms with E-state index in [4.69, 9.17) is 22.1 Å². The fourth-order valence-electron chi connectivity index (χ4n) is 1.97. The second-order valence-corrected chi connectivity index (χ2v) is 5.48. The third kappa shape index (κ3) is 4.73. The van der Waals surface area contributed by atoms with Gasteiger partial charge in [-0.15, -0.1) is 0 Å². The van der Waals surface area contributed by atoms with E-state index in [0.29, 0.717) is 16.3 Å². The molecule has 1 atom stereocenters. The zero-order valence-electron chi connectivity index (χ0n) is 12.0. The topological polar surface area (TPSA) is 35.2 Å². The van der Waals surface area contributed by atoms with Crippen molar-refractivity contribution in [1.29, 1.82) is 0 Å². The first-order valence-corrected chi connectivity index (χ1v) is 7.37. The maximum Gasteiger partial charge on any atom is 0.131 e. The summed E-state index contributed by atoms with van der Waals surface area (Å²) in [5.41, 5.74) is 7.58. The lowest BCUT2D eigenvalue weighted by atomic mass is 10.0. The first kappa shape index (κ1) is 15.8. The number of hydrogen-bond acceptors (Lipinski definition) is 2. The highest BCUT2D eigenvalue weighted by molar-refractivity contribution is 6.30. The van der Waals surface area contributed by atoms with Crippen LogP contribution in [0.4, 0.5) is 4.39 Å². The number of rotatable bonds is 6. The van der Waals surface area contributed by atoms with Gasteiger partial charge in [-0.25, -0.2) is 4.39 Å². The van der Waals surface area contributed by atoms with Crippen LogP contribution in [0, 0.1) is 5.82 Å². The standard InChI is InChI=1S/C17H19ClFNO/c1-2-15(20)9-12-3-7-16(8-4-12)21-11-13-5-6-14(18)10-17(13)19/h3-8,10,15H,2,9,11,20H2,1H3. The number of nitrogens with two attached hydrogens (primary N) is 1. The summed E-state index contributed by atoms with van der Waals surface area (Å²) in [5, 5.41) is 0.382. The van der Waals surface area contributed by atoms with Crippen molar-refractivity contribution in [3.8, 4) is 5.75 Å². The molecular formula is C17H19ClFNO. The summed E-state index contributed by atoms with van der Waals surface area (Å²) in [6, 6.07) is 12.5. The summed E-state index contributed by atoms with van der Waals surface area (Å²) in [5.74, 6) is 0.353. The van der Waals surface area contributed by atoms with E-state index in [1.807, 2.05) is 24.3 Å². The maximum atomic E-state index is 13.6. The molecule has 0 saturated heterocycles. The summed E-state index contributed by atoms with van der Waals surface area (Å²) in [6.45, 7) is 2.25. The lowest BCUT2D eigenvalue weighted by Crippen LogP contribution is -2.21. The van der Waals surface area contributed by atoms with Crippen molar-refractivity contribution >= 4 is 11.6 Å². The average Bonchev–Trinajstić information content (AvgIpc) is 2.48. The molecule has 2 N–H and O–H groups in total. The highest BCUT2D eigenvalue weighted by Crippen LogP contribution is 2.18. The zero-order chi connectivity index (χ0) is 15.2. The van der Waals surface area contributed by atoms with E-state index in [2.05, 4.69) is 6.92 Å². The lowest BCUT2D eigenvalue weighted by molar-refractivity contribution is 0.300. The quantitative estimate of drug-likeness (QED) is 0.861. The number of hydrogen-bond donors (Lipinski definition) is 1. The average molecular weight is 308 g/mol. The molecule has 2 aromatic carbocycles. The maximum absolute atomic E-state index is 13.6. The van der Waals surface area contributed by atoms with Crippen LogP contribution in [0.25, 0.3) is 0 Å². The van der Waals surface area contributed by atoms with Gasteiger partial charge in [0.25, 0.3) is 0 Å². The van der Waals surface area contributed by atoms with Gasteiger partial charge in [0.15, 0.2) is 0 Å². The van der Waals surface area contributed by atoms with Crippen molar-refractivity contribution in [1.82, 2.24) is 0 Å². The molecule has 0 amide bonds. The van der Waals surface area contributed by atoms with Crippen LogP contribution < -0.4 is 10.5 Å². The Labute approximate surface area is 129 Å². The molecule has 0 heterocycles. The Kier molecular flexibility index (Phi) is 5.59. The van der Waals surface area contributed by atoms with Crippen molar-refractivity contribution in [2.24, 2.45) is 5.73 Å². The first-order chi connectivity index (χ1) is 10.1. The normalized spacial score (nSPS) is 12.2. The second-order valence-electron chi connectivity index (χ2n) is 5.04. The molecule has 112 valence electrons. The van der Waals surface area contributed by atoms with Gasteiger partial charge in [-0.1, -0.05) is 36.7 Å². The van der Waals surface area contributed by atoms with Crippen LogP contribution in [0.2, 0.25) is 5.02 Å². The number of benzene rings is 2. The third-order valence-electron chi connectivity index (χ3n) is 3.36. The molecule has 21 heavy (non-hydrogen) atoms. The second kappa shape index (κ2) is 7.43. The highest BCUT2D eigenvalue weighted by atomic mass is 35.5.